The van der Waals surface area contributed by atoms with Crippen molar-refractivity contribution in [1.29, 1.82) is 0 Å². The average molecular weight is 553 g/mol. The van der Waals surface area contributed by atoms with E-state index in [0.717, 1.165) is 18.4 Å². The molecule has 2 bridgehead atoms. The Hall–Kier alpha value is -2.97. The molecule has 2 amide bonds. The highest BCUT2D eigenvalue weighted by molar-refractivity contribution is 5.99. The number of amides is 2. The fourth-order valence-corrected chi connectivity index (χ4v) is 7.43. The van der Waals surface area contributed by atoms with Crippen molar-refractivity contribution in [2.45, 2.75) is 82.7 Å². The van der Waals surface area contributed by atoms with Gasteiger partial charge in [0.05, 0.1) is 24.2 Å². The molecule has 218 valence electrons. The number of likely N-dealkylation sites (tertiary alicyclic amines) is 1. The summed E-state index contributed by atoms with van der Waals surface area (Å²) in [5, 5.41) is 10.6. The first kappa shape index (κ1) is 30.0. The summed E-state index contributed by atoms with van der Waals surface area (Å²) >= 11 is 0. The lowest BCUT2D eigenvalue weighted by Crippen LogP contribution is -2.60. The van der Waals surface area contributed by atoms with Gasteiger partial charge in [-0.15, -0.1) is 6.58 Å². The minimum absolute atomic E-state index is 0.0225. The summed E-state index contributed by atoms with van der Waals surface area (Å²) in [7, 11) is 0. The molecule has 3 fully saturated rings. The highest BCUT2D eigenvalue weighted by atomic mass is 16.6. The molecule has 3 aliphatic rings. The number of aliphatic hydroxyl groups is 1. The predicted molar refractivity (Wildman–Crippen MR) is 152 cm³/mol. The van der Waals surface area contributed by atoms with Crippen molar-refractivity contribution >= 4 is 17.8 Å². The van der Waals surface area contributed by atoms with Crippen LogP contribution in [0, 0.1) is 17.8 Å². The monoisotopic (exact) mass is 552 g/mol. The third kappa shape index (κ3) is 4.79. The highest BCUT2D eigenvalue weighted by Crippen LogP contribution is 2.65. The summed E-state index contributed by atoms with van der Waals surface area (Å²) in [6.45, 7) is 15.5. The average Bonchev–Trinajstić information content (AvgIpc) is 3.45. The molecule has 1 N–H and O–H groups in total. The van der Waals surface area contributed by atoms with Crippen LogP contribution in [0.3, 0.4) is 0 Å². The molecule has 3 aliphatic heterocycles. The number of carbonyl (C=O) groups is 3. The molecule has 1 aromatic carbocycles. The summed E-state index contributed by atoms with van der Waals surface area (Å²) in [4.78, 5) is 46.0. The largest absolute Gasteiger partial charge is 0.461 e. The summed E-state index contributed by atoms with van der Waals surface area (Å²) < 4.78 is 12.3. The number of aliphatic hydroxyl groups excluding tert-OH is 1. The van der Waals surface area contributed by atoms with Gasteiger partial charge in [-0.25, -0.2) is 0 Å². The quantitative estimate of drug-likeness (QED) is 0.297. The van der Waals surface area contributed by atoms with Crippen LogP contribution in [0.25, 0.3) is 0 Å². The molecule has 4 unspecified atom stereocenters. The van der Waals surface area contributed by atoms with Gasteiger partial charge < -0.3 is 24.4 Å². The van der Waals surface area contributed by atoms with E-state index >= 15 is 0 Å². The molecule has 0 saturated carbocycles. The highest BCUT2D eigenvalue weighted by Gasteiger charge is 2.80. The van der Waals surface area contributed by atoms with E-state index in [2.05, 4.69) is 20.1 Å². The smallest absolute Gasteiger partial charge is 0.313 e. The second-order valence-electron chi connectivity index (χ2n) is 11.8. The Bertz CT molecular complexity index is 1120. The lowest BCUT2D eigenvalue weighted by atomic mass is 9.62. The van der Waals surface area contributed by atoms with Crippen molar-refractivity contribution in [3.8, 4) is 0 Å². The molecule has 40 heavy (non-hydrogen) atoms. The Labute approximate surface area is 238 Å². The van der Waals surface area contributed by atoms with Crippen molar-refractivity contribution in [2.75, 3.05) is 19.8 Å². The number of ether oxygens (including phenoxy) is 2. The Balaban J connectivity index is 1.85. The van der Waals surface area contributed by atoms with Gasteiger partial charge in [0, 0.05) is 12.6 Å². The van der Waals surface area contributed by atoms with Crippen molar-refractivity contribution in [3.05, 3.63) is 61.2 Å². The van der Waals surface area contributed by atoms with Crippen molar-refractivity contribution in [3.63, 3.8) is 0 Å². The molecule has 8 heteroatoms. The van der Waals surface area contributed by atoms with Gasteiger partial charge in [-0.1, -0.05) is 69.3 Å². The molecule has 4 rings (SSSR count). The second-order valence-corrected chi connectivity index (χ2v) is 11.8. The number of hydrogen-bond acceptors (Lipinski definition) is 6. The molecule has 3 heterocycles. The van der Waals surface area contributed by atoms with E-state index in [-0.39, 0.29) is 37.0 Å². The van der Waals surface area contributed by atoms with Crippen LogP contribution >= 0.6 is 0 Å². The second kappa shape index (κ2) is 11.9. The fraction of sp³-hybridized carbons (Fsp3) is 0.594. The molecular weight excluding hydrogens is 508 g/mol. The van der Waals surface area contributed by atoms with E-state index in [0.29, 0.717) is 19.4 Å². The van der Waals surface area contributed by atoms with Gasteiger partial charge in [0.25, 0.3) is 0 Å². The number of fused-ring (bicyclic) bond motifs is 1. The molecule has 0 radical (unpaired) electrons. The molecule has 1 spiro atoms. The third-order valence-corrected chi connectivity index (χ3v) is 9.35. The molecule has 8 atom stereocenters. The van der Waals surface area contributed by atoms with E-state index in [1.165, 1.54) is 6.08 Å². The van der Waals surface area contributed by atoms with E-state index < -0.39 is 41.1 Å². The normalized spacial score (nSPS) is 31.9. The summed E-state index contributed by atoms with van der Waals surface area (Å²) in [5.74, 6) is -2.97. The Morgan fingerprint density at radius 2 is 1.98 bits per heavy atom. The maximum atomic E-state index is 14.7. The maximum absolute atomic E-state index is 14.7. The first-order valence-corrected chi connectivity index (χ1v) is 14.5. The van der Waals surface area contributed by atoms with Gasteiger partial charge in [-0.05, 0) is 44.6 Å². The molecule has 1 aromatic rings. The van der Waals surface area contributed by atoms with Crippen LogP contribution in [0.5, 0.6) is 0 Å². The van der Waals surface area contributed by atoms with Crippen molar-refractivity contribution in [2.24, 2.45) is 17.8 Å². The summed E-state index contributed by atoms with van der Waals surface area (Å²) in [6, 6.07) is 7.83. The predicted octanol–water partition coefficient (Wildman–Crippen LogP) is 3.53. The lowest BCUT2D eigenvalue weighted by Gasteiger charge is -2.41. The minimum atomic E-state index is -1.21. The SMILES string of the molecule is C=CCOC(=O)[C@@H]1[C@H]2C(=O)N([C@@H](CO)Cc3ccccc3)C(C(=O)N(CC=C)C(C)CCC)C23CC(C)[C@@]1(C)O3. The topological polar surface area (TPSA) is 96.4 Å². The number of esters is 1. The first-order chi connectivity index (χ1) is 19.1. The van der Waals surface area contributed by atoms with E-state index in [4.69, 9.17) is 9.47 Å². The van der Waals surface area contributed by atoms with Crippen LogP contribution in [0.2, 0.25) is 0 Å². The van der Waals surface area contributed by atoms with Gasteiger partial charge in [0.1, 0.15) is 24.2 Å². The van der Waals surface area contributed by atoms with Crippen LogP contribution in [-0.2, 0) is 30.3 Å². The minimum Gasteiger partial charge on any atom is -0.461 e. The van der Waals surface area contributed by atoms with Gasteiger partial charge in [0.15, 0.2) is 0 Å². The Morgan fingerprint density at radius 1 is 1.27 bits per heavy atom. The number of nitrogens with zero attached hydrogens (tertiary/aromatic N) is 2. The van der Waals surface area contributed by atoms with Crippen LogP contribution in [0.4, 0.5) is 0 Å². The van der Waals surface area contributed by atoms with Gasteiger partial charge in [-0.2, -0.15) is 0 Å². The van der Waals surface area contributed by atoms with Crippen molar-refractivity contribution in [1.82, 2.24) is 9.80 Å². The fourth-order valence-electron chi connectivity index (χ4n) is 7.43. The number of rotatable bonds is 13. The number of hydrogen-bond donors (Lipinski definition) is 1. The van der Waals surface area contributed by atoms with Crippen LogP contribution in [0.15, 0.2) is 55.6 Å². The van der Waals surface area contributed by atoms with Gasteiger partial charge in [0.2, 0.25) is 11.8 Å². The van der Waals surface area contributed by atoms with E-state index in [1.807, 2.05) is 51.1 Å². The van der Waals surface area contributed by atoms with Crippen LogP contribution in [-0.4, -0.2) is 81.8 Å². The third-order valence-electron chi connectivity index (χ3n) is 9.35. The summed E-state index contributed by atoms with van der Waals surface area (Å²) in [5.41, 5.74) is -1.24. The van der Waals surface area contributed by atoms with Gasteiger partial charge >= 0.3 is 5.97 Å². The first-order valence-electron chi connectivity index (χ1n) is 14.5. The Morgan fingerprint density at radius 3 is 2.58 bits per heavy atom. The number of benzene rings is 1. The molecule has 0 aliphatic carbocycles. The van der Waals surface area contributed by atoms with Crippen LogP contribution < -0.4 is 0 Å². The van der Waals surface area contributed by atoms with Gasteiger partial charge in [-0.3, -0.25) is 14.4 Å². The zero-order valence-corrected chi connectivity index (χ0v) is 24.3. The maximum Gasteiger partial charge on any atom is 0.313 e. The molecule has 3 saturated heterocycles. The molecular formula is C32H44N2O6. The Kier molecular flexibility index (Phi) is 8.90. The van der Waals surface area contributed by atoms with Crippen molar-refractivity contribution < 1.29 is 29.0 Å². The zero-order valence-electron chi connectivity index (χ0n) is 24.3. The zero-order chi connectivity index (χ0) is 29.2. The van der Waals surface area contributed by atoms with E-state index in [1.54, 1.807) is 15.9 Å². The lowest BCUT2D eigenvalue weighted by molar-refractivity contribution is -0.163. The molecule has 0 aromatic heterocycles. The molecule has 8 nitrogen and oxygen atoms in total. The number of carbonyl (C=O) groups excluding carboxylic acids is 3. The van der Waals surface area contributed by atoms with E-state index in [9.17, 15) is 19.5 Å². The summed E-state index contributed by atoms with van der Waals surface area (Å²) in [6.07, 6.45) is 5.67. The van der Waals surface area contributed by atoms with Crippen LogP contribution in [0.1, 0.15) is 52.5 Å². The standard InChI is InChI=1S/C32H44N2O6/c1-7-13-22(5)33(16-8-2)29(37)27-32-19-21(4)31(6,40-32)26(30(38)39-17-9-3)25(32)28(36)34(27)24(20-35)18-23-14-11-10-12-15-23/h8-12,14-15,21-22,24-27,35H,2-3,7,13,16-20H2,1,4-6H3/t21?,22?,24-,25+,26+,27?,31-,32?/m1/s1.